The molecule has 2 unspecified atom stereocenters. The summed E-state index contributed by atoms with van der Waals surface area (Å²) < 4.78 is 69.3. The molecule has 0 bridgehead atoms. The molecule has 42 heavy (non-hydrogen) atoms. The Morgan fingerprint density at radius 2 is 1.57 bits per heavy atom. The van der Waals surface area contributed by atoms with Gasteiger partial charge >= 0.3 is 6.18 Å². The number of nitrogens with zero attached hydrogens (tertiary/aromatic N) is 2. The van der Waals surface area contributed by atoms with Crippen molar-refractivity contribution in [3.05, 3.63) is 94.0 Å². The van der Waals surface area contributed by atoms with E-state index < -0.39 is 56.9 Å². The number of amides is 2. The van der Waals surface area contributed by atoms with Crippen molar-refractivity contribution < 1.29 is 31.2 Å². The third kappa shape index (κ3) is 8.17. The fourth-order valence-corrected chi connectivity index (χ4v) is 5.75. The first-order valence-electron chi connectivity index (χ1n) is 12.9. The van der Waals surface area contributed by atoms with Crippen LogP contribution in [0.3, 0.4) is 0 Å². The maximum atomic E-state index is 13.9. The molecular weight excluding hydrogens is 614 g/mol. The average molecular weight is 645 g/mol. The number of nitrogens with one attached hydrogen (secondary N) is 1. The van der Waals surface area contributed by atoms with Gasteiger partial charge in [0.15, 0.2) is 0 Å². The third-order valence-corrected chi connectivity index (χ3v) is 8.96. The smallest absolute Gasteiger partial charge is 0.352 e. The predicted molar refractivity (Wildman–Crippen MR) is 157 cm³/mol. The number of anilines is 1. The minimum Gasteiger partial charge on any atom is -0.352 e. The van der Waals surface area contributed by atoms with Crippen LogP contribution in [0.15, 0.2) is 77.7 Å². The van der Waals surface area contributed by atoms with Gasteiger partial charge in [-0.1, -0.05) is 60.5 Å². The molecule has 0 spiro atoms. The Morgan fingerprint density at radius 1 is 0.952 bits per heavy atom. The molecule has 3 aromatic rings. The summed E-state index contributed by atoms with van der Waals surface area (Å²) >= 11 is 11.8. The second-order valence-corrected chi connectivity index (χ2v) is 12.3. The molecule has 2 atom stereocenters. The number of hydrogen-bond acceptors (Lipinski definition) is 4. The summed E-state index contributed by atoms with van der Waals surface area (Å²) in [4.78, 5) is 27.9. The maximum Gasteiger partial charge on any atom is 0.417 e. The van der Waals surface area contributed by atoms with E-state index in [-0.39, 0.29) is 17.5 Å². The van der Waals surface area contributed by atoms with Crippen LogP contribution in [0.4, 0.5) is 18.9 Å². The number of carbonyl (C=O) groups is 2. The van der Waals surface area contributed by atoms with Crippen molar-refractivity contribution in [2.45, 2.75) is 56.9 Å². The minimum atomic E-state index is -4.89. The van der Waals surface area contributed by atoms with Crippen molar-refractivity contribution in [2.24, 2.45) is 0 Å². The highest BCUT2D eigenvalue weighted by molar-refractivity contribution is 7.92. The predicted octanol–water partition coefficient (Wildman–Crippen LogP) is 6.54. The first-order valence-corrected chi connectivity index (χ1v) is 15.1. The molecule has 3 aromatic carbocycles. The van der Waals surface area contributed by atoms with Gasteiger partial charge < -0.3 is 10.2 Å². The highest BCUT2D eigenvalue weighted by Crippen LogP contribution is 2.38. The first kappa shape index (κ1) is 33.2. The van der Waals surface area contributed by atoms with Crippen LogP contribution >= 0.6 is 23.2 Å². The largest absolute Gasteiger partial charge is 0.417 e. The van der Waals surface area contributed by atoms with Gasteiger partial charge in [-0.2, -0.15) is 13.2 Å². The van der Waals surface area contributed by atoms with E-state index in [1.165, 1.54) is 36.1 Å². The lowest BCUT2D eigenvalue weighted by Gasteiger charge is -2.32. The van der Waals surface area contributed by atoms with Gasteiger partial charge in [0.2, 0.25) is 11.8 Å². The van der Waals surface area contributed by atoms with Crippen molar-refractivity contribution in [2.75, 3.05) is 10.8 Å². The molecule has 2 amide bonds. The molecule has 0 saturated carbocycles. The number of benzene rings is 3. The lowest BCUT2D eigenvalue weighted by molar-refractivity contribution is -0.139. The van der Waals surface area contributed by atoms with Crippen LogP contribution in [0.2, 0.25) is 10.0 Å². The van der Waals surface area contributed by atoms with Crippen LogP contribution in [-0.4, -0.2) is 43.8 Å². The molecule has 0 aromatic heterocycles. The molecule has 0 fully saturated rings. The lowest BCUT2D eigenvalue weighted by atomic mass is 10.1. The topological polar surface area (TPSA) is 86.8 Å². The van der Waals surface area contributed by atoms with Gasteiger partial charge in [0.05, 0.1) is 21.2 Å². The molecule has 3 rings (SSSR count). The highest BCUT2D eigenvalue weighted by atomic mass is 35.5. The van der Waals surface area contributed by atoms with E-state index in [1.54, 1.807) is 37.3 Å². The summed E-state index contributed by atoms with van der Waals surface area (Å²) in [5, 5.41) is 2.62. The molecule has 1 N–H and O–H groups in total. The Kier molecular flexibility index (Phi) is 10.9. The molecule has 0 radical (unpaired) electrons. The summed E-state index contributed by atoms with van der Waals surface area (Å²) in [7, 11) is -4.55. The number of alkyl halides is 3. The standard InChI is InChI=1S/C29H30Cl2F3N3O4S/c1-4-19(2)35-28(39)20(3)36(17-21-10-12-22(30)13-11-21)27(38)18-37(42(40,41)24-8-6-5-7-9-24)23-14-15-26(31)25(16-23)29(32,33)34/h5-16,19-20H,4,17-18H2,1-3H3,(H,35,39). The van der Waals surface area contributed by atoms with E-state index in [4.69, 9.17) is 23.2 Å². The Hall–Kier alpha value is -3.28. The van der Waals surface area contributed by atoms with Gasteiger partial charge in [-0.05, 0) is 68.3 Å². The lowest BCUT2D eigenvalue weighted by Crippen LogP contribution is -2.52. The van der Waals surface area contributed by atoms with Gasteiger partial charge in [-0.15, -0.1) is 0 Å². The second-order valence-electron chi connectivity index (χ2n) is 9.63. The van der Waals surface area contributed by atoms with Crippen LogP contribution in [0.25, 0.3) is 0 Å². The Labute approximate surface area is 253 Å². The quantitative estimate of drug-likeness (QED) is 0.257. The zero-order chi connectivity index (χ0) is 31.2. The van der Waals surface area contributed by atoms with Crippen molar-refractivity contribution >= 4 is 50.7 Å². The SMILES string of the molecule is CCC(C)NC(=O)C(C)N(Cc1ccc(Cl)cc1)C(=O)CN(c1ccc(Cl)c(C(F)(F)F)c1)S(=O)(=O)c1ccccc1. The summed E-state index contributed by atoms with van der Waals surface area (Å²) in [6.45, 7) is 4.16. The van der Waals surface area contributed by atoms with E-state index in [0.29, 0.717) is 27.4 Å². The minimum absolute atomic E-state index is 0.0985. The molecular formula is C29H30Cl2F3N3O4S. The summed E-state index contributed by atoms with van der Waals surface area (Å²) in [6, 6.07) is 14.8. The number of sulfonamides is 1. The number of rotatable bonds is 11. The number of hydrogen-bond donors (Lipinski definition) is 1. The van der Waals surface area contributed by atoms with Gasteiger partial charge in [-0.25, -0.2) is 8.42 Å². The van der Waals surface area contributed by atoms with E-state index in [1.807, 2.05) is 6.92 Å². The van der Waals surface area contributed by atoms with Crippen molar-refractivity contribution in [3.63, 3.8) is 0 Å². The molecule has 0 aliphatic carbocycles. The highest BCUT2D eigenvalue weighted by Gasteiger charge is 2.37. The molecule has 7 nitrogen and oxygen atoms in total. The molecule has 0 heterocycles. The Morgan fingerprint density at radius 3 is 2.14 bits per heavy atom. The van der Waals surface area contributed by atoms with Crippen LogP contribution < -0.4 is 9.62 Å². The van der Waals surface area contributed by atoms with E-state index in [9.17, 15) is 31.2 Å². The molecule has 226 valence electrons. The molecule has 0 saturated heterocycles. The summed E-state index contributed by atoms with van der Waals surface area (Å²) in [5.74, 6) is -1.30. The Bertz CT molecular complexity index is 1500. The van der Waals surface area contributed by atoms with Crippen molar-refractivity contribution in [1.29, 1.82) is 0 Å². The van der Waals surface area contributed by atoms with Crippen LogP contribution in [-0.2, 0) is 32.3 Å². The first-order chi connectivity index (χ1) is 19.6. The van der Waals surface area contributed by atoms with Crippen molar-refractivity contribution in [1.82, 2.24) is 10.2 Å². The summed E-state index contributed by atoms with van der Waals surface area (Å²) in [6.07, 6.45) is -4.26. The summed E-state index contributed by atoms with van der Waals surface area (Å²) in [5.41, 5.74) is -1.09. The molecule has 13 heteroatoms. The van der Waals surface area contributed by atoms with Crippen LogP contribution in [0, 0.1) is 0 Å². The van der Waals surface area contributed by atoms with E-state index in [0.717, 1.165) is 12.1 Å². The van der Waals surface area contributed by atoms with Gasteiger partial charge in [0, 0.05) is 17.6 Å². The molecule has 0 aliphatic rings. The maximum absolute atomic E-state index is 13.9. The second kappa shape index (κ2) is 13.8. The monoisotopic (exact) mass is 643 g/mol. The number of halogens is 5. The zero-order valence-corrected chi connectivity index (χ0v) is 25.4. The fraction of sp³-hybridized carbons (Fsp3) is 0.310. The fourth-order valence-electron chi connectivity index (χ4n) is 3.97. The van der Waals surface area contributed by atoms with E-state index in [2.05, 4.69) is 5.32 Å². The normalized spacial score (nSPS) is 13.2. The van der Waals surface area contributed by atoms with Crippen LogP contribution in [0.5, 0.6) is 0 Å². The average Bonchev–Trinajstić information content (AvgIpc) is 2.95. The van der Waals surface area contributed by atoms with Gasteiger partial charge in [-0.3, -0.25) is 13.9 Å². The molecule has 0 aliphatic heterocycles. The van der Waals surface area contributed by atoms with Gasteiger partial charge in [0.1, 0.15) is 12.6 Å². The van der Waals surface area contributed by atoms with Crippen LogP contribution in [0.1, 0.15) is 38.3 Å². The Balaban J connectivity index is 2.10. The third-order valence-electron chi connectivity index (χ3n) is 6.59. The van der Waals surface area contributed by atoms with Crippen molar-refractivity contribution in [3.8, 4) is 0 Å². The number of carbonyl (C=O) groups excluding carboxylic acids is 2. The van der Waals surface area contributed by atoms with Gasteiger partial charge in [0.25, 0.3) is 10.0 Å². The zero-order valence-electron chi connectivity index (χ0n) is 23.0. The van der Waals surface area contributed by atoms with E-state index >= 15 is 0 Å².